The molecule has 0 atom stereocenters. The van der Waals surface area contributed by atoms with Crippen molar-refractivity contribution in [3.05, 3.63) is 80.2 Å². The van der Waals surface area contributed by atoms with Gasteiger partial charge in [-0.2, -0.15) is 0 Å². The molecule has 1 aliphatic heterocycles. The zero-order valence-electron chi connectivity index (χ0n) is 14.8. The summed E-state index contributed by atoms with van der Waals surface area (Å²) in [6.07, 6.45) is 0.524. The van der Waals surface area contributed by atoms with Gasteiger partial charge in [0.05, 0.1) is 16.3 Å². The van der Waals surface area contributed by atoms with Crippen LogP contribution >= 0.6 is 11.6 Å². The summed E-state index contributed by atoms with van der Waals surface area (Å²) in [5.74, 6) is -0.748. The van der Waals surface area contributed by atoms with Crippen LogP contribution in [0.25, 0.3) is 11.4 Å². The van der Waals surface area contributed by atoms with Crippen LogP contribution in [0.4, 0.5) is 14.5 Å². The van der Waals surface area contributed by atoms with Crippen LogP contribution in [-0.4, -0.2) is 21.4 Å². The monoisotopic (exact) mass is 402 g/mol. The van der Waals surface area contributed by atoms with E-state index in [0.717, 1.165) is 17.7 Å². The maximum Gasteiger partial charge on any atom is 0.255 e. The highest BCUT2D eigenvalue weighted by atomic mass is 35.5. The standard InChI is InChI=1S/C20H17ClF2N4O/c21-18-13(15(22)5-6-16(18)23)9-27-8-7-17-14(10-27)20(28)26-19(25-17)11-1-3-12(24)4-2-11/h1-6H,7-10,24H2,(H,25,26,28). The van der Waals surface area contributed by atoms with Crippen molar-refractivity contribution in [1.82, 2.24) is 14.9 Å². The molecule has 28 heavy (non-hydrogen) atoms. The Hall–Kier alpha value is -2.77. The zero-order valence-corrected chi connectivity index (χ0v) is 15.6. The molecule has 0 spiro atoms. The minimum Gasteiger partial charge on any atom is -0.399 e. The first kappa shape index (κ1) is 18.6. The lowest BCUT2D eigenvalue weighted by atomic mass is 10.0. The minimum absolute atomic E-state index is 0.0907. The first-order valence-electron chi connectivity index (χ1n) is 8.75. The van der Waals surface area contributed by atoms with Gasteiger partial charge in [0.15, 0.2) is 0 Å². The van der Waals surface area contributed by atoms with Gasteiger partial charge in [-0.05, 0) is 36.4 Å². The first-order valence-corrected chi connectivity index (χ1v) is 9.13. The molecule has 0 unspecified atom stereocenters. The van der Waals surface area contributed by atoms with Crippen molar-refractivity contribution in [3.8, 4) is 11.4 Å². The fourth-order valence-corrected chi connectivity index (χ4v) is 3.54. The average molecular weight is 403 g/mol. The van der Waals surface area contributed by atoms with E-state index < -0.39 is 11.6 Å². The third-order valence-electron chi connectivity index (χ3n) is 4.85. The fourth-order valence-electron chi connectivity index (χ4n) is 3.33. The van der Waals surface area contributed by atoms with E-state index in [2.05, 4.69) is 9.97 Å². The summed E-state index contributed by atoms with van der Waals surface area (Å²) in [7, 11) is 0. The van der Waals surface area contributed by atoms with Gasteiger partial charge in [-0.15, -0.1) is 0 Å². The van der Waals surface area contributed by atoms with E-state index in [0.29, 0.717) is 35.7 Å². The van der Waals surface area contributed by atoms with Gasteiger partial charge in [0.25, 0.3) is 5.56 Å². The lowest BCUT2D eigenvalue weighted by Crippen LogP contribution is -2.35. The molecule has 0 saturated heterocycles. The van der Waals surface area contributed by atoms with Crippen LogP contribution in [0.5, 0.6) is 0 Å². The van der Waals surface area contributed by atoms with Gasteiger partial charge in [-0.25, -0.2) is 13.8 Å². The summed E-state index contributed by atoms with van der Waals surface area (Å²) < 4.78 is 27.7. The van der Waals surface area contributed by atoms with Crippen molar-refractivity contribution in [2.75, 3.05) is 12.3 Å². The highest BCUT2D eigenvalue weighted by molar-refractivity contribution is 6.31. The molecule has 0 bridgehead atoms. The number of benzene rings is 2. The van der Waals surface area contributed by atoms with Crippen molar-refractivity contribution in [2.24, 2.45) is 0 Å². The lowest BCUT2D eigenvalue weighted by molar-refractivity contribution is 0.238. The molecule has 3 aromatic rings. The van der Waals surface area contributed by atoms with E-state index in [9.17, 15) is 13.6 Å². The zero-order chi connectivity index (χ0) is 19.8. The van der Waals surface area contributed by atoms with Crippen molar-refractivity contribution in [1.29, 1.82) is 0 Å². The quantitative estimate of drug-likeness (QED) is 0.519. The van der Waals surface area contributed by atoms with Crippen LogP contribution in [0.2, 0.25) is 5.02 Å². The normalized spacial score (nSPS) is 14.1. The Morgan fingerprint density at radius 1 is 1.14 bits per heavy atom. The number of hydrogen-bond acceptors (Lipinski definition) is 4. The number of fused-ring (bicyclic) bond motifs is 1. The maximum atomic E-state index is 14.1. The highest BCUT2D eigenvalue weighted by Crippen LogP contribution is 2.26. The van der Waals surface area contributed by atoms with E-state index in [1.165, 1.54) is 0 Å². The highest BCUT2D eigenvalue weighted by Gasteiger charge is 2.23. The summed E-state index contributed by atoms with van der Waals surface area (Å²) in [4.78, 5) is 21.8. The Morgan fingerprint density at radius 3 is 2.61 bits per heavy atom. The van der Waals surface area contributed by atoms with Crippen molar-refractivity contribution < 1.29 is 8.78 Å². The number of H-pyrrole nitrogens is 1. The van der Waals surface area contributed by atoms with Crippen LogP contribution in [-0.2, 0) is 19.5 Å². The molecule has 2 aromatic carbocycles. The molecule has 2 heterocycles. The number of nitrogens with two attached hydrogens (primary N) is 1. The van der Waals surface area contributed by atoms with E-state index in [-0.39, 0.29) is 29.2 Å². The number of nitrogens with zero attached hydrogens (tertiary/aromatic N) is 2. The van der Waals surface area contributed by atoms with Gasteiger partial charge in [-0.1, -0.05) is 11.6 Å². The fraction of sp³-hybridized carbons (Fsp3) is 0.200. The molecule has 1 aromatic heterocycles. The molecule has 8 heteroatoms. The second-order valence-corrected chi connectivity index (χ2v) is 7.12. The Balaban J connectivity index is 1.61. The molecule has 0 radical (unpaired) electrons. The first-order chi connectivity index (χ1) is 13.4. The largest absolute Gasteiger partial charge is 0.399 e. The third kappa shape index (κ3) is 3.50. The van der Waals surface area contributed by atoms with Crippen molar-refractivity contribution in [3.63, 3.8) is 0 Å². The summed E-state index contributed by atoms with van der Waals surface area (Å²) in [6, 6.07) is 9.14. The van der Waals surface area contributed by atoms with Gasteiger partial charge >= 0.3 is 0 Å². The van der Waals surface area contributed by atoms with E-state index in [1.807, 2.05) is 4.90 Å². The molecule has 1 aliphatic rings. The summed E-state index contributed by atoms with van der Waals surface area (Å²) in [5, 5.41) is -0.225. The molecule has 0 saturated carbocycles. The van der Waals surface area contributed by atoms with Gasteiger partial charge in [0, 0.05) is 42.9 Å². The predicted octanol–water partition coefficient (Wildman–Crippen LogP) is 3.51. The van der Waals surface area contributed by atoms with Crippen molar-refractivity contribution in [2.45, 2.75) is 19.5 Å². The minimum atomic E-state index is -0.664. The van der Waals surface area contributed by atoms with Crippen LogP contribution in [0.1, 0.15) is 16.8 Å². The van der Waals surface area contributed by atoms with E-state index >= 15 is 0 Å². The topological polar surface area (TPSA) is 75.0 Å². The molecule has 0 aliphatic carbocycles. The molecular weight excluding hydrogens is 386 g/mol. The summed E-state index contributed by atoms with van der Waals surface area (Å²) in [6.45, 7) is 0.948. The SMILES string of the molecule is Nc1ccc(-c2nc3c(c(=O)[nH]2)CN(Cc2c(F)ccc(F)c2Cl)CC3)cc1. The van der Waals surface area contributed by atoms with Crippen LogP contribution in [0.3, 0.4) is 0 Å². The van der Waals surface area contributed by atoms with Gasteiger partial charge in [0.2, 0.25) is 0 Å². The van der Waals surface area contributed by atoms with E-state index in [1.54, 1.807) is 24.3 Å². The second-order valence-electron chi connectivity index (χ2n) is 6.74. The Bertz CT molecular complexity index is 1100. The van der Waals surface area contributed by atoms with E-state index in [4.69, 9.17) is 17.3 Å². The lowest BCUT2D eigenvalue weighted by Gasteiger charge is -2.28. The third-order valence-corrected chi connectivity index (χ3v) is 5.26. The summed E-state index contributed by atoms with van der Waals surface area (Å²) >= 11 is 5.92. The smallest absolute Gasteiger partial charge is 0.255 e. The molecule has 3 N–H and O–H groups in total. The molecule has 144 valence electrons. The second kappa shape index (κ2) is 7.33. The molecular formula is C20H17ClF2N4O. The average Bonchev–Trinajstić information content (AvgIpc) is 2.69. The predicted molar refractivity (Wildman–Crippen MR) is 104 cm³/mol. The Labute approximate surface area is 164 Å². The number of nitrogens with one attached hydrogen (secondary N) is 1. The van der Waals surface area contributed by atoms with Crippen LogP contribution in [0, 0.1) is 11.6 Å². The van der Waals surface area contributed by atoms with Gasteiger partial charge in [0.1, 0.15) is 17.5 Å². The van der Waals surface area contributed by atoms with Crippen LogP contribution in [0.15, 0.2) is 41.2 Å². The number of hydrogen-bond donors (Lipinski definition) is 2. The maximum absolute atomic E-state index is 14.1. The number of rotatable bonds is 3. The van der Waals surface area contributed by atoms with Gasteiger partial charge < -0.3 is 10.7 Å². The number of aromatic nitrogens is 2. The Morgan fingerprint density at radius 2 is 1.86 bits per heavy atom. The Kier molecular flexibility index (Phi) is 4.87. The number of halogens is 3. The number of nitrogen functional groups attached to an aromatic ring is 1. The molecule has 0 fully saturated rings. The summed E-state index contributed by atoms with van der Waals surface area (Å²) in [5.41, 5.74) is 8.17. The van der Waals surface area contributed by atoms with Crippen molar-refractivity contribution >= 4 is 17.3 Å². The van der Waals surface area contributed by atoms with Gasteiger partial charge in [-0.3, -0.25) is 9.69 Å². The number of anilines is 1. The van der Waals surface area contributed by atoms with Crippen LogP contribution < -0.4 is 11.3 Å². The molecule has 0 amide bonds. The number of aromatic amines is 1. The molecule has 5 nitrogen and oxygen atoms in total. The molecule has 4 rings (SSSR count).